The van der Waals surface area contributed by atoms with E-state index in [0.717, 1.165) is 53.3 Å². The first-order valence-corrected chi connectivity index (χ1v) is 17.1. The zero-order valence-corrected chi connectivity index (χ0v) is 27.9. The SMILES string of the molecule is CC(C)(C)c1ccc(C2CC(C(C)(C)C)CC3C2C2CCC(C(C)(C)C)CC2C3C(C)(C)C2CCCC2)cc1. The van der Waals surface area contributed by atoms with Gasteiger partial charge in [-0.15, -0.1) is 0 Å². The normalized spacial score (nSPS) is 36.6. The van der Waals surface area contributed by atoms with Gasteiger partial charge in [0.05, 0.1) is 0 Å². The Hall–Kier alpha value is -0.780. The maximum atomic E-state index is 2.75. The van der Waals surface area contributed by atoms with Crippen molar-refractivity contribution in [3.05, 3.63) is 35.4 Å². The van der Waals surface area contributed by atoms with Gasteiger partial charge in [-0.25, -0.2) is 0 Å². The standard InChI is InChI=1S/C39H64/c1-36(2,3)26-18-16-25(17-19-26)31-23-29(38(7,8)9)24-33-34(31)30-21-20-28(37(4,5)6)22-32(30)35(33)39(10,11)27-14-12-13-15-27/h16-19,27-35H,12-15,20-24H2,1-11H3. The van der Waals surface area contributed by atoms with E-state index in [9.17, 15) is 0 Å². The fourth-order valence-electron chi connectivity index (χ4n) is 10.9. The first-order chi connectivity index (χ1) is 18.0. The van der Waals surface area contributed by atoms with Crippen LogP contribution >= 0.6 is 0 Å². The van der Waals surface area contributed by atoms with E-state index in [-0.39, 0.29) is 5.41 Å². The molecule has 0 radical (unpaired) electrons. The van der Waals surface area contributed by atoms with Gasteiger partial charge in [0.1, 0.15) is 0 Å². The highest BCUT2D eigenvalue weighted by Gasteiger charge is 2.62. The number of fused-ring (bicyclic) bond motifs is 3. The second-order valence-corrected chi connectivity index (χ2v) is 18.8. The maximum absolute atomic E-state index is 2.75. The molecule has 4 aliphatic carbocycles. The Bertz CT molecular complexity index is 967. The Morgan fingerprint density at radius 3 is 1.64 bits per heavy atom. The van der Waals surface area contributed by atoms with Crippen molar-refractivity contribution in [3.63, 3.8) is 0 Å². The van der Waals surface area contributed by atoms with Gasteiger partial charge in [0.15, 0.2) is 0 Å². The van der Waals surface area contributed by atoms with E-state index in [1.807, 2.05) is 0 Å². The van der Waals surface area contributed by atoms with Crippen molar-refractivity contribution in [2.45, 2.75) is 145 Å². The molecule has 8 atom stereocenters. The molecule has 0 heteroatoms. The van der Waals surface area contributed by atoms with Gasteiger partial charge in [-0.05, 0) is 131 Å². The van der Waals surface area contributed by atoms with Gasteiger partial charge >= 0.3 is 0 Å². The second-order valence-electron chi connectivity index (χ2n) is 18.8. The van der Waals surface area contributed by atoms with Crippen molar-refractivity contribution >= 4 is 0 Å². The number of benzene rings is 1. The van der Waals surface area contributed by atoms with Gasteiger partial charge in [0, 0.05) is 0 Å². The summed E-state index contributed by atoms with van der Waals surface area (Å²) in [5.74, 6) is 7.97. The van der Waals surface area contributed by atoms with Crippen LogP contribution in [0.15, 0.2) is 24.3 Å². The van der Waals surface area contributed by atoms with Crippen LogP contribution < -0.4 is 0 Å². The van der Waals surface area contributed by atoms with Crippen LogP contribution in [0.2, 0.25) is 0 Å². The Morgan fingerprint density at radius 1 is 0.538 bits per heavy atom. The molecule has 0 heterocycles. The minimum absolute atomic E-state index is 0.224. The quantitative estimate of drug-likeness (QED) is 0.363. The zero-order chi connectivity index (χ0) is 28.5. The lowest BCUT2D eigenvalue weighted by atomic mass is 9.55. The molecule has 5 rings (SSSR count). The summed E-state index contributed by atoms with van der Waals surface area (Å²) in [7, 11) is 0. The molecule has 39 heavy (non-hydrogen) atoms. The van der Waals surface area contributed by atoms with Crippen LogP contribution in [0, 0.1) is 63.6 Å². The van der Waals surface area contributed by atoms with Crippen molar-refractivity contribution in [1.29, 1.82) is 0 Å². The fourth-order valence-corrected chi connectivity index (χ4v) is 10.9. The highest BCUT2D eigenvalue weighted by atomic mass is 14.7. The Kier molecular flexibility index (Phi) is 7.76. The number of hydrogen-bond acceptors (Lipinski definition) is 0. The highest BCUT2D eigenvalue weighted by molar-refractivity contribution is 5.31. The highest BCUT2D eigenvalue weighted by Crippen LogP contribution is 2.69. The summed E-state index contributed by atoms with van der Waals surface area (Å²) >= 11 is 0. The van der Waals surface area contributed by atoms with Crippen LogP contribution in [-0.4, -0.2) is 0 Å². The summed E-state index contributed by atoms with van der Waals surface area (Å²) in [5.41, 5.74) is 4.68. The Morgan fingerprint density at radius 2 is 1.10 bits per heavy atom. The summed E-state index contributed by atoms with van der Waals surface area (Å²) < 4.78 is 0. The first-order valence-electron chi connectivity index (χ1n) is 17.1. The van der Waals surface area contributed by atoms with Gasteiger partial charge in [0.2, 0.25) is 0 Å². The summed E-state index contributed by atoms with van der Waals surface area (Å²) in [5, 5.41) is 0. The molecule has 8 unspecified atom stereocenters. The molecule has 1 aromatic rings. The van der Waals surface area contributed by atoms with Crippen LogP contribution in [-0.2, 0) is 5.41 Å². The van der Waals surface area contributed by atoms with Crippen LogP contribution in [0.1, 0.15) is 151 Å². The van der Waals surface area contributed by atoms with E-state index in [0.29, 0.717) is 16.2 Å². The minimum atomic E-state index is 0.224. The molecule has 4 fully saturated rings. The van der Waals surface area contributed by atoms with Gasteiger partial charge in [-0.3, -0.25) is 0 Å². The molecule has 0 saturated heterocycles. The molecule has 0 aliphatic heterocycles. The van der Waals surface area contributed by atoms with Gasteiger partial charge < -0.3 is 0 Å². The van der Waals surface area contributed by atoms with Gasteiger partial charge in [-0.1, -0.05) is 113 Å². The number of rotatable bonds is 3. The van der Waals surface area contributed by atoms with Crippen LogP contribution in [0.3, 0.4) is 0 Å². The molecule has 0 nitrogen and oxygen atoms in total. The molecular formula is C39H64. The lowest BCUT2D eigenvalue weighted by Gasteiger charge is -2.50. The molecule has 0 amide bonds. The first kappa shape index (κ1) is 29.7. The Balaban J connectivity index is 1.59. The molecular weight excluding hydrogens is 468 g/mol. The van der Waals surface area contributed by atoms with Crippen molar-refractivity contribution in [2.24, 2.45) is 63.6 Å². The maximum Gasteiger partial charge on any atom is -0.0125 e. The largest absolute Gasteiger partial charge is 0.0599 e. The van der Waals surface area contributed by atoms with E-state index in [2.05, 4.69) is 100 Å². The third-order valence-corrected chi connectivity index (χ3v) is 13.3. The lowest BCUT2D eigenvalue weighted by molar-refractivity contribution is -0.00347. The predicted octanol–water partition coefficient (Wildman–Crippen LogP) is 11.7. The minimum Gasteiger partial charge on any atom is -0.0599 e. The van der Waals surface area contributed by atoms with Gasteiger partial charge in [-0.2, -0.15) is 0 Å². The number of hydrogen-bond donors (Lipinski definition) is 0. The zero-order valence-electron chi connectivity index (χ0n) is 27.9. The Labute approximate surface area is 243 Å². The van der Waals surface area contributed by atoms with Crippen molar-refractivity contribution in [2.75, 3.05) is 0 Å². The molecule has 4 aliphatic rings. The van der Waals surface area contributed by atoms with E-state index in [1.54, 1.807) is 5.56 Å². The van der Waals surface area contributed by atoms with E-state index >= 15 is 0 Å². The average Bonchev–Trinajstić information content (AvgIpc) is 3.49. The van der Waals surface area contributed by atoms with Crippen LogP contribution in [0.25, 0.3) is 0 Å². The topological polar surface area (TPSA) is 0 Å². The summed E-state index contributed by atoms with van der Waals surface area (Å²) in [6, 6.07) is 10.1. The summed E-state index contributed by atoms with van der Waals surface area (Å²) in [4.78, 5) is 0. The molecule has 0 bridgehead atoms. The molecule has 0 aromatic heterocycles. The van der Waals surface area contributed by atoms with Crippen molar-refractivity contribution < 1.29 is 0 Å². The van der Waals surface area contributed by atoms with Crippen LogP contribution in [0.5, 0.6) is 0 Å². The van der Waals surface area contributed by atoms with Crippen LogP contribution in [0.4, 0.5) is 0 Å². The smallest absolute Gasteiger partial charge is 0.0125 e. The summed E-state index contributed by atoms with van der Waals surface area (Å²) in [6.45, 7) is 27.8. The average molecular weight is 533 g/mol. The molecule has 1 aromatic carbocycles. The van der Waals surface area contributed by atoms with Crippen molar-refractivity contribution in [1.82, 2.24) is 0 Å². The van der Waals surface area contributed by atoms with E-state index in [1.165, 1.54) is 63.4 Å². The van der Waals surface area contributed by atoms with E-state index < -0.39 is 0 Å². The molecule has 4 saturated carbocycles. The fraction of sp³-hybridized carbons (Fsp3) is 0.846. The van der Waals surface area contributed by atoms with E-state index in [4.69, 9.17) is 0 Å². The van der Waals surface area contributed by atoms with Crippen molar-refractivity contribution in [3.8, 4) is 0 Å². The lowest BCUT2D eigenvalue weighted by Crippen LogP contribution is -2.43. The predicted molar refractivity (Wildman–Crippen MR) is 170 cm³/mol. The third kappa shape index (κ3) is 5.55. The van der Waals surface area contributed by atoms with Gasteiger partial charge in [0.25, 0.3) is 0 Å². The molecule has 0 spiro atoms. The monoisotopic (exact) mass is 533 g/mol. The summed E-state index contributed by atoms with van der Waals surface area (Å²) in [6.07, 6.45) is 13.3. The third-order valence-electron chi connectivity index (χ3n) is 13.3. The molecule has 220 valence electrons. The second kappa shape index (κ2) is 10.2. The molecule has 0 N–H and O–H groups in total.